The Morgan fingerprint density at radius 3 is 2.32 bits per heavy atom. The van der Waals surface area contributed by atoms with Crippen LogP contribution in [0.3, 0.4) is 0 Å². The SMILES string of the molecule is CCOC(=O)c1ccc(NC(=O)CNC(C)=O)cc1. The van der Waals surface area contributed by atoms with Crippen LogP contribution in [0.25, 0.3) is 0 Å². The number of hydrogen-bond acceptors (Lipinski definition) is 4. The Labute approximate surface area is 111 Å². The van der Waals surface area contributed by atoms with Gasteiger partial charge in [-0.1, -0.05) is 0 Å². The number of ether oxygens (including phenoxy) is 1. The summed E-state index contributed by atoms with van der Waals surface area (Å²) < 4.78 is 4.84. The van der Waals surface area contributed by atoms with Gasteiger partial charge in [-0.25, -0.2) is 4.79 Å². The van der Waals surface area contributed by atoms with Crippen LogP contribution in [0.5, 0.6) is 0 Å². The van der Waals surface area contributed by atoms with Crippen molar-refractivity contribution in [3.63, 3.8) is 0 Å². The first-order valence-corrected chi connectivity index (χ1v) is 5.84. The molecule has 0 fully saturated rings. The molecule has 0 saturated carbocycles. The van der Waals surface area contributed by atoms with E-state index >= 15 is 0 Å². The zero-order chi connectivity index (χ0) is 14.3. The van der Waals surface area contributed by atoms with Crippen molar-refractivity contribution < 1.29 is 19.1 Å². The first kappa shape index (κ1) is 14.7. The van der Waals surface area contributed by atoms with E-state index in [4.69, 9.17) is 4.74 Å². The van der Waals surface area contributed by atoms with Gasteiger partial charge < -0.3 is 15.4 Å². The van der Waals surface area contributed by atoms with Gasteiger partial charge in [0.05, 0.1) is 18.7 Å². The van der Waals surface area contributed by atoms with Crippen LogP contribution >= 0.6 is 0 Å². The van der Waals surface area contributed by atoms with E-state index in [-0.39, 0.29) is 18.4 Å². The highest BCUT2D eigenvalue weighted by Crippen LogP contribution is 2.10. The number of benzene rings is 1. The van der Waals surface area contributed by atoms with Gasteiger partial charge in [0.15, 0.2) is 0 Å². The molecule has 0 saturated heterocycles. The number of anilines is 1. The molecule has 0 spiro atoms. The predicted octanol–water partition coefficient (Wildman–Crippen LogP) is 0.938. The van der Waals surface area contributed by atoms with Gasteiger partial charge in [0.25, 0.3) is 0 Å². The summed E-state index contributed by atoms with van der Waals surface area (Å²) in [6, 6.07) is 6.31. The third kappa shape index (κ3) is 5.20. The molecule has 6 heteroatoms. The van der Waals surface area contributed by atoms with Crippen molar-refractivity contribution in [1.82, 2.24) is 5.32 Å². The monoisotopic (exact) mass is 264 g/mol. The summed E-state index contributed by atoms with van der Waals surface area (Å²) in [5, 5.41) is 4.98. The molecule has 102 valence electrons. The summed E-state index contributed by atoms with van der Waals surface area (Å²) in [7, 11) is 0. The first-order valence-electron chi connectivity index (χ1n) is 5.84. The maximum absolute atomic E-state index is 11.4. The molecule has 0 aliphatic heterocycles. The lowest BCUT2D eigenvalue weighted by Gasteiger charge is -2.06. The van der Waals surface area contributed by atoms with Gasteiger partial charge in [0.2, 0.25) is 11.8 Å². The minimum atomic E-state index is -0.404. The topological polar surface area (TPSA) is 84.5 Å². The van der Waals surface area contributed by atoms with Crippen molar-refractivity contribution in [2.24, 2.45) is 0 Å². The minimum absolute atomic E-state index is 0.0883. The second kappa shape index (κ2) is 7.15. The van der Waals surface area contributed by atoms with Crippen LogP contribution < -0.4 is 10.6 Å². The lowest BCUT2D eigenvalue weighted by atomic mass is 10.2. The van der Waals surface area contributed by atoms with E-state index in [0.29, 0.717) is 17.9 Å². The molecule has 19 heavy (non-hydrogen) atoms. The van der Waals surface area contributed by atoms with Gasteiger partial charge in [-0.3, -0.25) is 9.59 Å². The molecule has 2 N–H and O–H groups in total. The van der Waals surface area contributed by atoms with E-state index in [0.717, 1.165) is 0 Å². The third-order valence-electron chi connectivity index (χ3n) is 2.18. The van der Waals surface area contributed by atoms with Gasteiger partial charge in [-0.2, -0.15) is 0 Å². The summed E-state index contributed by atoms with van der Waals surface area (Å²) in [5.41, 5.74) is 0.963. The Morgan fingerprint density at radius 2 is 1.79 bits per heavy atom. The fourth-order valence-corrected chi connectivity index (χ4v) is 1.31. The second-order valence-electron chi connectivity index (χ2n) is 3.76. The Balaban J connectivity index is 2.54. The summed E-state index contributed by atoms with van der Waals surface area (Å²) in [4.78, 5) is 33.5. The quantitative estimate of drug-likeness (QED) is 0.775. The van der Waals surface area contributed by atoms with E-state index < -0.39 is 5.97 Å². The first-order chi connectivity index (χ1) is 9.02. The average Bonchev–Trinajstić information content (AvgIpc) is 2.37. The van der Waals surface area contributed by atoms with Crippen LogP contribution in [0.15, 0.2) is 24.3 Å². The number of nitrogens with one attached hydrogen (secondary N) is 2. The molecule has 0 atom stereocenters. The Kier molecular flexibility index (Phi) is 5.53. The molecule has 0 aliphatic rings. The highest BCUT2D eigenvalue weighted by atomic mass is 16.5. The van der Waals surface area contributed by atoms with Crippen molar-refractivity contribution in [1.29, 1.82) is 0 Å². The van der Waals surface area contributed by atoms with Crippen LogP contribution in [0, 0.1) is 0 Å². The third-order valence-corrected chi connectivity index (χ3v) is 2.18. The average molecular weight is 264 g/mol. The number of carbonyl (C=O) groups is 3. The van der Waals surface area contributed by atoms with Crippen LogP contribution in [0.4, 0.5) is 5.69 Å². The van der Waals surface area contributed by atoms with Gasteiger partial charge in [-0.15, -0.1) is 0 Å². The van der Waals surface area contributed by atoms with Gasteiger partial charge >= 0.3 is 5.97 Å². The Morgan fingerprint density at radius 1 is 1.16 bits per heavy atom. The number of carbonyl (C=O) groups excluding carboxylic acids is 3. The second-order valence-corrected chi connectivity index (χ2v) is 3.76. The smallest absolute Gasteiger partial charge is 0.338 e. The maximum Gasteiger partial charge on any atom is 0.338 e. The van der Waals surface area contributed by atoms with Crippen molar-refractivity contribution >= 4 is 23.5 Å². The molecule has 0 bridgehead atoms. The predicted molar refractivity (Wildman–Crippen MR) is 69.7 cm³/mol. The lowest BCUT2D eigenvalue weighted by molar-refractivity contribution is -0.122. The highest BCUT2D eigenvalue weighted by molar-refractivity contribution is 5.95. The standard InChI is InChI=1S/C13H16N2O4/c1-3-19-13(18)10-4-6-11(7-5-10)15-12(17)8-14-9(2)16/h4-7H,3,8H2,1-2H3,(H,14,16)(H,15,17). The van der Waals surface area contributed by atoms with Crippen molar-refractivity contribution in [3.8, 4) is 0 Å². The molecule has 0 heterocycles. The summed E-state index contributed by atoms with van der Waals surface area (Å²) in [6.07, 6.45) is 0. The number of hydrogen-bond donors (Lipinski definition) is 2. The number of rotatable bonds is 5. The largest absolute Gasteiger partial charge is 0.462 e. The summed E-state index contributed by atoms with van der Waals surface area (Å²) in [5.74, 6) is -1.01. The maximum atomic E-state index is 11.4. The zero-order valence-electron chi connectivity index (χ0n) is 10.9. The van der Waals surface area contributed by atoms with Crippen LogP contribution in [-0.2, 0) is 14.3 Å². The molecule has 0 radical (unpaired) electrons. The normalized spacial score (nSPS) is 9.58. The number of amides is 2. The van der Waals surface area contributed by atoms with E-state index in [1.165, 1.54) is 6.92 Å². The van der Waals surface area contributed by atoms with Crippen molar-refractivity contribution in [3.05, 3.63) is 29.8 Å². The van der Waals surface area contributed by atoms with Crippen molar-refractivity contribution in [2.45, 2.75) is 13.8 Å². The molecule has 6 nitrogen and oxygen atoms in total. The Hall–Kier alpha value is -2.37. The fraction of sp³-hybridized carbons (Fsp3) is 0.308. The highest BCUT2D eigenvalue weighted by Gasteiger charge is 2.07. The molecule has 1 rings (SSSR count). The fourth-order valence-electron chi connectivity index (χ4n) is 1.31. The van der Waals surface area contributed by atoms with Crippen LogP contribution in [0.2, 0.25) is 0 Å². The van der Waals surface area contributed by atoms with Crippen LogP contribution in [0.1, 0.15) is 24.2 Å². The Bertz CT molecular complexity index is 468. The lowest BCUT2D eigenvalue weighted by Crippen LogP contribution is -2.31. The molecular formula is C13H16N2O4. The summed E-state index contributed by atoms with van der Waals surface area (Å²) >= 11 is 0. The zero-order valence-corrected chi connectivity index (χ0v) is 10.9. The molecule has 0 aromatic heterocycles. The molecule has 1 aromatic rings. The molecule has 1 aromatic carbocycles. The number of esters is 1. The van der Waals surface area contributed by atoms with Gasteiger partial charge in [0, 0.05) is 12.6 Å². The molecular weight excluding hydrogens is 248 g/mol. The van der Waals surface area contributed by atoms with E-state index in [2.05, 4.69) is 10.6 Å². The summed E-state index contributed by atoms with van der Waals surface area (Å²) in [6.45, 7) is 3.29. The van der Waals surface area contributed by atoms with E-state index in [9.17, 15) is 14.4 Å². The van der Waals surface area contributed by atoms with Crippen molar-refractivity contribution in [2.75, 3.05) is 18.5 Å². The van der Waals surface area contributed by atoms with Gasteiger partial charge in [0.1, 0.15) is 0 Å². The van der Waals surface area contributed by atoms with Crippen LogP contribution in [-0.4, -0.2) is 30.9 Å². The molecule has 0 unspecified atom stereocenters. The molecule has 0 aliphatic carbocycles. The van der Waals surface area contributed by atoms with Gasteiger partial charge in [-0.05, 0) is 31.2 Å². The van der Waals surface area contributed by atoms with E-state index in [1.54, 1.807) is 31.2 Å². The minimum Gasteiger partial charge on any atom is -0.462 e. The molecule has 2 amide bonds. The van der Waals surface area contributed by atoms with E-state index in [1.807, 2.05) is 0 Å².